The maximum atomic E-state index is 13.2. The Bertz CT molecular complexity index is 579. The minimum Gasteiger partial charge on any atom is -0.508 e. The zero-order valence-corrected chi connectivity index (χ0v) is 9.56. The van der Waals surface area contributed by atoms with E-state index in [-0.39, 0.29) is 29.2 Å². The van der Waals surface area contributed by atoms with Gasteiger partial charge < -0.3 is 10.8 Å². The van der Waals surface area contributed by atoms with E-state index in [4.69, 9.17) is 10.8 Å². The molecule has 3 N–H and O–H groups in total. The van der Waals surface area contributed by atoms with E-state index in [1.165, 1.54) is 30.3 Å². The van der Waals surface area contributed by atoms with Crippen LogP contribution < -0.4 is 5.73 Å². The van der Waals surface area contributed by atoms with Crippen molar-refractivity contribution in [2.75, 3.05) is 5.73 Å². The van der Waals surface area contributed by atoms with Crippen LogP contribution in [0.2, 0.25) is 0 Å². The molecule has 18 heavy (non-hydrogen) atoms. The first-order valence-corrected chi connectivity index (χ1v) is 5.43. The van der Waals surface area contributed by atoms with Crippen LogP contribution in [0.25, 0.3) is 0 Å². The van der Waals surface area contributed by atoms with Crippen LogP contribution in [0, 0.1) is 5.82 Å². The van der Waals surface area contributed by atoms with Gasteiger partial charge in [-0.25, -0.2) is 4.39 Å². The van der Waals surface area contributed by atoms with Gasteiger partial charge >= 0.3 is 0 Å². The molecule has 92 valence electrons. The monoisotopic (exact) mass is 245 g/mol. The fraction of sp³-hybridized carbons (Fsp3) is 0.0714. The summed E-state index contributed by atoms with van der Waals surface area (Å²) < 4.78 is 13.2. The van der Waals surface area contributed by atoms with Gasteiger partial charge in [0.2, 0.25) is 0 Å². The molecule has 0 aromatic heterocycles. The van der Waals surface area contributed by atoms with Gasteiger partial charge in [-0.3, -0.25) is 4.79 Å². The van der Waals surface area contributed by atoms with Crippen molar-refractivity contribution in [3.05, 3.63) is 59.4 Å². The van der Waals surface area contributed by atoms with Gasteiger partial charge in [0, 0.05) is 12.0 Å². The summed E-state index contributed by atoms with van der Waals surface area (Å²) in [6, 6.07) is 10.4. The zero-order chi connectivity index (χ0) is 13.1. The molecule has 0 aliphatic rings. The standard InChI is InChI=1S/C14H12FNO2/c15-12-3-1-2-11(14(12)16)13(18)8-9-4-6-10(17)7-5-9/h1-7,17H,8,16H2. The van der Waals surface area contributed by atoms with E-state index in [0.717, 1.165) is 5.56 Å². The second kappa shape index (κ2) is 4.87. The number of phenols is 1. The molecule has 2 rings (SSSR count). The van der Waals surface area contributed by atoms with Gasteiger partial charge in [0.15, 0.2) is 5.78 Å². The highest BCUT2D eigenvalue weighted by molar-refractivity contribution is 6.01. The summed E-state index contributed by atoms with van der Waals surface area (Å²) in [5.74, 6) is -0.708. The first-order valence-electron chi connectivity index (χ1n) is 5.43. The number of halogens is 1. The fourth-order valence-electron chi connectivity index (χ4n) is 1.67. The summed E-state index contributed by atoms with van der Waals surface area (Å²) in [6.45, 7) is 0. The molecule has 0 unspecified atom stereocenters. The topological polar surface area (TPSA) is 63.3 Å². The molecule has 0 saturated heterocycles. The number of hydrogen-bond donors (Lipinski definition) is 2. The van der Waals surface area contributed by atoms with E-state index in [9.17, 15) is 9.18 Å². The van der Waals surface area contributed by atoms with Gasteiger partial charge in [-0.15, -0.1) is 0 Å². The first kappa shape index (κ1) is 12.1. The van der Waals surface area contributed by atoms with Crippen LogP contribution in [0.1, 0.15) is 15.9 Å². The van der Waals surface area contributed by atoms with Gasteiger partial charge in [0.25, 0.3) is 0 Å². The van der Waals surface area contributed by atoms with E-state index in [1.807, 2.05) is 0 Å². The lowest BCUT2D eigenvalue weighted by molar-refractivity contribution is 0.0993. The number of carbonyl (C=O) groups excluding carboxylic acids is 1. The summed E-state index contributed by atoms with van der Waals surface area (Å²) in [6.07, 6.45) is 0.119. The van der Waals surface area contributed by atoms with Crippen molar-refractivity contribution in [3.8, 4) is 5.75 Å². The van der Waals surface area contributed by atoms with Crippen LogP contribution >= 0.6 is 0 Å². The predicted molar refractivity (Wildman–Crippen MR) is 67.0 cm³/mol. The number of hydrogen-bond acceptors (Lipinski definition) is 3. The Kier molecular flexibility index (Phi) is 3.28. The number of ketones is 1. The van der Waals surface area contributed by atoms with Gasteiger partial charge in [-0.1, -0.05) is 18.2 Å². The average Bonchev–Trinajstić information content (AvgIpc) is 2.35. The molecule has 0 heterocycles. The predicted octanol–water partition coefficient (Wildman–Crippen LogP) is 2.54. The first-order chi connectivity index (χ1) is 8.58. The lowest BCUT2D eigenvalue weighted by Gasteiger charge is -2.05. The molecule has 0 bridgehead atoms. The number of nitrogen functional groups attached to an aromatic ring is 1. The maximum Gasteiger partial charge on any atom is 0.169 e. The van der Waals surface area contributed by atoms with Crippen LogP contribution in [0.4, 0.5) is 10.1 Å². The van der Waals surface area contributed by atoms with Gasteiger partial charge in [0.05, 0.1) is 5.69 Å². The minimum atomic E-state index is -0.591. The third-order valence-corrected chi connectivity index (χ3v) is 2.65. The molecule has 0 aliphatic carbocycles. The van der Waals surface area contributed by atoms with E-state index < -0.39 is 5.82 Å². The van der Waals surface area contributed by atoms with Crippen LogP contribution in [-0.4, -0.2) is 10.9 Å². The van der Waals surface area contributed by atoms with Crippen molar-refractivity contribution in [2.45, 2.75) is 6.42 Å². The van der Waals surface area contributed by atoms with Crippen molar-refractivity contribution in [3.63, 3.8) is 0 Å². The van der Waals surface area contributed by atoms with Crippen LogP contribution in [0.5, 0.6) is 5.75 Å². The molecule has 0 atom stereocenters. The molecule has 4 heteroatoms. The van der Waals surface area contributed by atoms with E-state index in [2.05, 4.69) is 0 Å². The number of Topliss-reactive ketones (excluding diaryl/α,β-unsaturated/α-hetero) is 1. The highest BCUT2D eigenvalue weighted by Gasteiger charge is 2.13. The molecule has 2 aromatic carbocycles. The molecule has 2 aromatic rings. The molecule has 0 radical (unpaired) electrons. The SMILES string of the molecule is Nc1c(F)cccc1C(=O)Cc1ccc(O)cc1. The Hall–Kier alpha value is -2.36. The Labute approximate surface area is 104 Å². The smallest absolute Gasteiger partial charge is 0.169 e. The quantitative estimate of drug-likeness (QED) is 0.645. The second-order valence-electron chi connectivity index (χ2n) is 3.97. The molecular formula is C14H12FNO2. The van der Waals surface area contributed by atoms with Crippen LogP contribution in [-0.2, 0) is 6.42 Å². The van der Waals surface area contributed by atoms with Crippen molar-refractivity contribution >= 4 is 11.5 Å². The minimum absolute atomic E-state index is 0.119. The number of phenolic OH excluding ortho intramolecular Hbond substituents is 1. The number of rotatable bonds is 3. The van der Waals surface area contributed by atoms with Crippen LogP contribution in [0.3, 0.4) is 0 Å². The Morgan fingerprint density at radius 1 is 1.17 bits per heavy atom. The average molecular weight is 245 g/mol. The van der Waals surface area contributed by atoms with Crippen molar-refractivity contribution < 1.29 is 14.3 Å². The van der Waals surface area contributed by atoms with Crippen molar-refractivity contribution in [2.24, 2.45) is 0 Å². The van der Waals surface area contributed by atoms with Gasteiger partial charge in [-0.05, 0) is 29.8 Å². The van der Waals surface area contributed by atoms with Crippen molar-refractivity contribution in [1.29, 1.82) is 0 Å². The molecule has 0 saturated carbocycles. The number of nitrogens with two attached hydrogens (primary N) is 1. The van der Waals surface area contributed by atoms with Crippen molar-refractivity contribution in [1.82, 2.24) is 0 Å². The normalized spacial score (nSPS) is 10.3. The number of para-hydroxylation sites is 1. The third kappa shape index (κ3) is 2.48. The van der Waals surface area contributed by atoms with Crippen LogP contribution in [0.15, 0.2) is 42.5 Å². The molecular weight excluding hydrogens is 233 g/mol. The summed E-state index contributed by atoms with van der Waals surface area (Å²) >= 11 is 0. The lowest BCUT2D eigenvalue weighted by Crippen LogP contribution is -2.08. The summed E-state index contributed by atoms with van der Waals surface area (Å²) in [5.41, 5.74) is 6.32. The highest BCUT2D eigenvalue weighted by atomic mass is 19.1. The Balaban J connectivity index is 2.22. The zero-order valence-electron chi connectivity index (χ0n) is 9.56. The molecule has 3 nitrogen and oxygen atoms in total. The van der Waals surface area contributed by atoms with E-state index in [0.29, 0.717) is 0 Å². The van der Waals surface area contributed by atoms with E-state index >= 15 is 0 Å². The Morgan fingerprint density at radius 2 is 1.83 bits per heavy atom. The summed E-state index contributed by atoms with van der Waals surface area (Å²) in [4.78, 5) is 12.0. The Morgan fingerprint density at radius 3 is 2.50 bits per heavy atom. The van der Waals surface area contributed by atoms with Gasteiger partial charge in [0.1, 0.15) is 11.6 Å². The second-order valence-corrected chi connectivity index (χ2v) is 3.97. The largest absolute Gasteiger partial charge is 0.508 e. The lowest BCUT2D eigenvalue weighted by atomic mass is 10.0. The number of carbonyl (C=O) groups is 1. The molecule has 0 amide bonds. The van der Waals surface area contributed by atoms with Gasteiger partial charge in [-0.2, -0.15) is 0 Å². The third-order valence-electron chi connectivity index (χ3n) is 2.65. The molecule has 0 fully saturated rings. The number of benzene rings is 2. The van der Waals surface area contributed by atoms with E-state index in [1.54, 1.807) is 12.1 Å². The summed E-state index contributed by atoms with van der Waals surface area (Å²) in [7, 11) is 0. The molecule has 0 aliphatic heterocycles. The number of anilines is 1. The fourth-order valence-corrected chi connectivity index (χ4v) is 1.67. The summed E-state index contributed by atoms with van der Waals surface area (Å²) in [5, 5.41) is 9.13. The number of aromatic hydroxyl groups is 1. The molecule has 0 spiro atoms. The highest BCUT2D eigenvalue weighted by Crippen LogP contribution is 2.19. The maximum absolute atomic E-state index is 13.2.